The van der Waals surface area contributed by atoms with Crippen LogP contribution in [0, 0.1) is 0 Å². The van der Waals surface area contributed by atoms with E-state index in [9.17, 15) is 15.0 Å². The van der Waals surface area contributed by atoms with Gasteiger partial charge in [-0.05, 0) is 18.6 Å². The number of carboxylic acids is 1. The fourth-order valence-electron chi connectivity index (χ4n) is 2.65. The van der Waals surface area contributed by atoms with Gasteiger partial charge in [-0.15, -0.1) is 0 Å². The number of phenols is 2. The number of hydrogen-bond donors (Lipinski definition) is 3. The SMILES string of the molecule is CC(CCC(=O)O)(c1ccccc1O)c1ccccc1O. The Bertz CT molecular complexity index is 603. The Balaban J connectivity index is 2.57. The number of para-hydroxylation sites is 2. The van der Waals surface area contributed by atoms with E-state index in [1.807, 2.05) is 6.92 Å². The van der Waals surface area contributed by atoms with Crippen molar-refractivity contribution in [2.75, 3.05) is 0 Å². The molecule has 0 heterocycles. The van der Waals surface area contributed by atoms with Crippen LogP contribution >= 0.6 is 0 Å². The second-order valence-electron chi connectivity index (χ2n) is 5.26. The Morgan fingerprint density at radius 3 is 1.76 bits per heavy atom. The average molecular weight is 286 g/mol. The molecular weight excluding hydrogens is 268 g/mol. The van der Waals surface area contributed by atoms with E-state index in [2.05, 4.69) is 0 Å². The first kappa shape index (κ1) is 14.9. The first-order chi connectivity index (χ1) is 9.95. The van der Waals surface area contributed by atoms with Crippen LogP contribution in [0.5, 0.6) is 11.5 Å². The van der Waals surface area contributed by atoms with Crippen molar-refractivity contribution in [3.63, 3.8) is 0 Å². The predicted octanol–water partition coefficient (Wildman–Crippen LogP) is 3.27. The Hall–Kier alpha value is -2.49. The summed E-state index contributed by atoms with van der Waals surface area (Å²) in [4.78, 5) is 11.0. The molecule has 21 heavy (non-hydrogen) atoms. The van der Waals surface area contributed by atoms with Crippen LogP contribution in [0.25, 0.3) is 0 Å². The molecule has 0 aliphatic heterocycles. The van der Waals surface area contributed by atoms with E-state index < -0.39 is 11.4 Å². The lowest BCUT2D eigenvalue weighted by atomic mass is 9.72. The highest BCUT2D eigenvalue weighted by molar-refractivity contribution is 5.67. The highest BCUT2D eigenvalue weighted by atomic mass is 16.4. The Morgan fingerprint density at radius 1 is 0.952 bits per heavy atom. The molecular formula is C17H18O4. The molecule has 0 aromatic heterocycles. The molecule has 110 valence electrons. The third-order valence-corrected chi connectivity index (χ3v) is 3.84. The van der Waals surface area contributed by atoms with E-state index in [-0.39, 0.29) is 24.3 Å². The third-order valence-electron chi connectivity index (χ3n) is 3.84. The number of aliphatic carboxylic acids is 1. The first-order valence-electron chi connectivity index (χ1n) is 6.74. The maximum atomic E-state index is 11.0. The number of benzene rings is 2. The molecule has 0 spiro atoms. The largest absolute Gasteiger partial charge is 0.508 e. The molecule has 0 saturated carbocycles. The fourth-order valence-corrected chi connectivity index (χ4v) is 2.65. The summed E-state index contributed by atoms with van der Waals surface area (Å²) < 4.78 is 0. The standard InChI is InChI=1S/C17H18O4/c1-17(11-10-16(20)21,12-6-2-4-8-14(12)18)13-7-3-5-9-15(13)19/h2-9,18-19H,10-11H2,1H3,(H,20,21). The molecule has 4 heteroatoms. The van der Waals surface area contributed by atoms with Crippen molar-refractivity contribution in [1.82, 2.24) is 0 Å². The summed E-state index contributed by atoms with van der Waals surface area (Å²) in [5, 5.41) is 29.3. The van der Waals surface area contributed by atoms with Gasteiger partial charge in [0, 0.05) is 23.0 Å². The molecule has 0 unspecified atom stereocenters. The highest BCUT2D eigenvalue weighted by Gasteiger charge is 2.33. The lowest BCUT2D eigenvalue weighted by Gasteiger charge is -2.31. The molecule has 0 radical (unpaired) electrons. The summed E-state index contributed by atoms with van der Waals surface area (Å²) >= 11 is 0. The van der Waals surface area contributed by atoms with E-state index >= 15 is 0 Å². The van der Waals surface area contributed by atoms with E-state index in [0.717, 1.165) is 0 Å². The van der Waals surface area contributed by atoms with Crippen molar-refractivity contribution < 1.29 is 20.1 Å². The van der Waals surface area contributed by atoms with E-state index in [4.69, 9.17) is 5.11 Å². The molecule has 2 aromatic rings. The molecule has 0 aliphatic carbocycles. The van der Waals surface area contributed by atoms with Gasteiger partial charge in [0.15, 0.2) is 0 Å². The van der Waals surface area contributed by atoms with Gasteiger partial charge in [0.1, 0.15) is 11.5 Å². The van der Waals surface area contributed by atoms with Crippen molar-refractivity contribution in [3.05, 3.63) is 59.7 Å². The number of aromatic hydroxyl groups is 2. The minimum atomic E-state index is -0.910. The molecule has 4 nitrogen and oxygen atoms in total. The van der Waals surface area contributed by atoms with Crippen LogP contribution in [0.2, 0.25) is 0 Å². The van der Waals surface area contributed by atoms with Crippen LogP contribution in [0.3, 0.4) is 0 Å². The minimum absolute atomic E-state index is 0.0564. The van der Waals surface area contributed by atoms with Gasteiger partial charge in [-0.2, -0.15) is 0 Å². The number of carboxylic acid groups (broad SMARTS) is 1. The summed E-state index contributed by atoms with van der Waals surface area (Å²) in [6.07, 6.45) is 0.219. The van der Waals surface area contributed by atoms with Crippen molar-refractivity contribution >= 4 is 5.97 Å². The number of carbonyl (C=O) groups is 1. The molecule has 0 bridgehead atoms. The quantitative estimate of drug-likeness (QED) is 0.788. The van der Waals surface area contributed by atoms with Gasteiger partial charge in [-0.25, -0.2) is 0 Å². The van der Waals surface area contributed by atoms with Crippen LogP contribution in [0.15, 0.2) is 48.5 Å². The van der Waals surface area contributed by atoms with Gasteiger partial charge in [0.2, 0.25) is 0 Å². The predicted molar refractivity (Wildman–Crippen MR) is 79.5 cm³/mol. The van der Waals surface area contributed by atoms with E-state index in [1.54, 1.807) is 48.5 Å². The molecule has 0 aliphatic rings. The zero-order valence-electron chi connectivity index (χ0n) is 11.8. The van der Waals surface area contributed by atoms with E-state index in [1.165, 1.54) is 0 Å². The van der Waals surface area contributed by atoms with Gasteiger partial charge in [0.05, 0.1) is 0 Å². The smallest absolute Gasteiger partial charge is 0.303 e. The van der Waals surface area contributed by atoms with Gasteiger partial charge in [0.25, 0.3) is 0 Å². The lowest BCUT2D eigenvalue weighted by Crippen LogP contribution is -2.25. The lowest BCUT2D eigenvalue weighted by molar-refractivity contribution is -0.137. The van der Waals surface area contributed by atoms with Crippen LogP contribution in [0.1, 0.15) is 30.9 Å². The average Bonchev–Trinajstić information content (AvgIpc) is 2.46. The summed E-state index contributed by atoms with van der Waals surface area (Å²) in [5.41, 5.74) is 0.426. The zero-order valence-corrected chi connectivity index (χ0v) is 11.8. The molecule has 2 aromatic carbocycles. The Kier molecular flexibility index (Phi) is 4.17. The van der Waals surface area contributed by atoms with Crippen LogP contribution < -0.4 is 0 Å². The van der Waals surface area contributed by atoms with E-state index in [0.29, 0.717) is 11.1 Å². The molecule has 0 atom stereocenters. The fraction of sp³-hybridized carbons (Fsp3) is 0.235. The summed E-state index contributed by atoms with van der Waals surface area (Å²) in [6, 6.07) is 13.6. The number of hydrogen-bond acceptors (Lipinski definition) is 3. The summed E-state index contributed by atoms with van der Waals surface area (Å²) in [6.45, 7) is 1.83. The Labute approximate surface area is 123 Å². The molecule has 0 saturated heterocycles. The number of rotatable bonds is 5. The highest BCUT2D eigenvalue weighted by Crippen LogP contribution is 2.43. The number of phenolic OH excluding ortho intramolecular Hbond substituents is 2. The van der Waals surface area contributed by atoms with Gasteiger partial charge >= 0.3 is 5.97 Å². The maximum absolute atomic E-state index is 11.0. The second-order valence-corrected chi connectivity index (χ2v) is 5.26. The van der Waals surface area contributed by atoms with Crippen molar-refractivity contribution in [2.45, 2.75) is 25.2 Å². The third kappa shape index (κ3) is 2.99. The van der Waals surface area contributed by atoms with Gasteiger partial charge < -0.3 is 15.3 Å². The van der Waals surface area contributed by atoms with Gasteiger partial charge in [-0.1, -0.05) is 43.3 Å². The Morgan fingerprint density at radius 2 is 1.38 bits per heavy atom. The summed E-state index contributed by atoms with van der Waals surface area (Å²) in [7, 11) is 0. The first-order valence-corrected chi connectivity index (χ1v) is 6.74. The molecule has 3 N–H and O–H groups in total. The second kappa shape index (κ2) is 5.87. The van der Waals surface area contributed by atoms with Crippen molar-refractivity contribution in [3.8, 4) is 11.5 Å². The zero-order chi connectivity index (χ0) is 15.5. The minimum Gasteiger partial charge on any atom is -0.508 e. The maximum Gasteiger partial charge on any atom is 0.303 e. The topological polar surface area (TPSA) is 77.8 Å². The normalized spacial score (nSPS) is 11.3. The van der Waals surface area contributed by atoms with Crippen LogP contribution in [-0.2, 0) is 10.2 Å². The van der Waals surface area contributed by atoms with Crippen molar-refractivity contribution in [2.24, 2.45) is 0 Å². The van der Waals surface area contributed by atoms with Crippen LogP contribution in [-0.4, -0.2) is 21.3 Å². The molecule has 0 amide bonds. The molecule has 2 rings (SSSR count). The van der Waals surface area contributed by atoms with Crippen molar-refractivity contribution in [1.29, 1.82) is 0 Å². The monoisotopic (exact) mass is 286 g/mol. The summed E-state index contributed by atoms with van der Waals surface area (Å²) in [5.74, 6) is -0.727. The van der Waals surface area contributed by atoms with Gasteiger partial charge in [-0.3, -0.25) is 4.79 Å². The molecule has 0 fully saturated rings. The van der Waals surface area contributed by atoms with Crippen LogP contribution in [0.4, 0.5) is 0 Å².